The van der Waals surface area contributed by atoms with Crippen LogP contribution in [0.1, 0.15) is 6.92 Å². The lowest BCUT2D eigenvalue weighted by atomic mass is 10.4. The Morgan fingerprint density at radius 2 is 2.11 bits per heavy atom. The molecule has 0 bridgehead atoms. The van der Waals surface area contributed by atoms with E-state index >= 15 is 0 Å². The van der Waals surface area contributed by atoms with Crippen LogP contribution in [0.2, 0.25) is 5.02 Å². The van der Waals surface area contributed by atoms with E-state index in [9.17, 15) is 8.42 Å². The molecule has 1 aromatic carbocycles. The van der Waals surface area contributed by atoms with Crippen LogP contribution in [0.4, 0.5) is 0 Å². The van der Waals surface area contributed by atoms with Gasteiger partial charge in [0.1, 0.15) is 4.90 Å². The van der Waals surface area contributed by atoms with Gasteiger partial charge in [-0.25, -0.2) is 8.42 Å². The summed E-state index contributed by atoms with van der Waals surface area (Å²) in [6.45, 7) is 3.06. The molecule has 0 heterocycles. The van der Waals surface area contributed by atoms with Gasteiger partial charge in [-0.1, -0.05) is 17.7 Å². The molecule has 0 aliphatic rings. The summed E-state index contributed by atoms with van der Waals surface area (Å²) in [5.41, 5.74) is 0. The van der Waals surface area contributed by atoms with Crippen LogP contribution < -0.4 is 0 Å². The molecule has 0 saturated heterocycles. The fourth-order valence-corrected chi connectivity index (χ4v) is 4.16. The molecule has 4 nitrogen and oxygen atoms in total. The van der Waals surface area contributed by atoms with Gasteiger partial charge in [-0.05, 0) is 35.0 Å². The molecule has 7 heteroatoms. The average Bonchev–Trinajstić information content (AvgIpc) is 2.28. The van der Waals surface area contributed by atoms with E-state index < -0.39 is 10.0 Å². The van der Waals surface area contributed by atoms with Gasteiger partial charge in [0.2, 0.25) is 10.0 Å². The van der Waals surface area contributed by atoms with E-state index in [1.165, 1.54) is 11.4 Å². The van der Waals surface area contributed by atoms with Crippen molar-refractivity contribution in [2.45, 2.75) is 11.8 Å². The lowest BCUT2D eigenvalue weighted by Gasteiger charge is -2.18. The molecule has 102 valence electrons. The molecule has 0 radical (unpaired) electrons. The Morgan fingerprint density at radius 3 is 2.67 bits per heavy atom. The minimum atomic E-state index is -3.61. The smallest absolute Gasteiger partial charge is 0.245 e. The topological polar surface area (TPSA) is 46.6 Å². The SMILES string of the molecule is CCOCCN(C)S(=O)(=O)c1c(Cl)cccc1Br. The number of rotatable bonds is 6. The highest BCUT2D eigenvalue weighted by molar-refractivity contribution is 9.10. The van der Waals surface area contributed by atoms with Gasteiger partial charge in [0, 0.05) is 24.7 Å². The zero-order valence-corrected chi connectivity index (χ0v) is 13.3. The van der Waals surface area contributed by atoms with E-state index in [1.807, 2.05) is 6.92 Å². The van der Waals surface area contributed by atoms with E-state index in [0.29, 0.717) is 17.7 Å². The van der Waals surface area contributed by atoms with Crippen molar-refractivity contribution in [1.29, 1.82) is 0 Å². The van der Waals surface area contributed by atoms with Crippen molar-refractivity contribution in [3.63, 3.8) is 0 Å². The van der Waals surface area contributed by atoms with E-state index in [-0.39, 0.29) is 16.5 Å². The summed E-state index contributed by atoms with van der Waals surface area (Å²) >= 11 is 9.16. The number of ether oxygens (including phenoxy) is 1. The van der Waals surface area contributed by atoms with Crippen molar-refractivity contribution >= 4 is 37.6 Å². The number of likely N-dealkylation sites (N-methyl/N-ethyl adjacent to an activating group) is 1. The number of nitrogens with zero attached hydrogens (tertiary/aromatic N) is 1. The van der Waals surface area contributed by atoms with Gasteiger partial charge in [-0.15, -0.1) is 0 Å². The average molecular weight is 357 g/mol. The Bertz CT molecular complexity index is 487. The summed E-state index contributed by atoms with van der Waals surface area (Å²) in [4.78, 5) is 0.0886. The molecule has 0 aliphatic heterocycles. The van der Waals surface area contributed by atoms with Crippen LogP contribution in [0.5, 0.6) is 0 Å². The molecule has 0 atom stereocenters. The first-order valence-corrected chi connectivity index (χ1v) is 8.00. The van der Waals surface area contributed by atoms with Gasteiger partial charge < -0.3 is 4.74 Å². The van der Waals surface area contributed by atoms with Crippen LogP contribution in [0.25, 0.3) is 0 Å². The molecule has 1 rings (SSSR count). The lowest BCUT2D eigenvalue weighted by molar-refractivity contribution is 0.138. The Morgan fingerprint density at radius 1 is 1.44 bits per heavy atom. The van der Waals surface area contributed by atoms with Crippen LogP contribution >= 0.6 is 27.5 Å². The third-order valence-electron chi connectivity index (χ3n) is 2.34. The van der Waals surface area contributed by atoms with Gasteiger partial charge in [0.25, 0.3) is 0 Å². The molecule has 0 fully saturated rings. The second kappa shape index (κ2) is 6.86. The minimum Gasteiger partial charge on any atom is -0.380 e. The molecule has 0 amide bonds. The van der Waals surface area contributed by atoms with Crippen molar-refractivity contribution < 1.29 is 13.2 Å². The summed E-state index contributed by atoms with van der Waals surface area (Å²) in [7, 11) is -2.10. The highest BCUT2D eigenvalue weighted by Gasteiger charge is 2.25. The van der Waals surface area contributed by atoms with Crippen LogP contribution in [0.15, 0.2) is 27.6 Å². The summed E-state index contributed by atoms with van der Waals surface area (Å²) < 4.78 is 31.5. The summed E-state index contributed by atoms with van der Waals surface area (Å²) in [5.74, 6) is 0. The van der Waals surface area contributed by atoms with E-state index in [2.05, 4.69) is 15.9 Å². The molecule has 0 N–H and O–H groups in total. The molecular formula is C11H15BrClNO3S. The fraction of sp³-hybridized carbons (Fsp3) is 0.455. The van der Waals surface area contributed by atoms with Crippen molar-refractivity contribution in [1.82, 2.24) is 4.31 Å². The number of hydrogen-bond acceptors (Lipinski definition) is 3. The van der Waals surface area contributed by atoms with E-state index in [0.717, 1.165) is 0 Å². The van der Waals surface area contributed by atoms with Gasteiger partial charge >= 0.3 is 0 Å². The first-order chi connectivity index (χ1) is 8.41. The summed E-state index contributed by atoms with van der Waals surface area (Å²) in [6.07, 6.45) is 0. The van der Waals surface area contributed by atoms with Crippen molar-refractivity contribution in [3.05, 3.63) is 27.7 Å². The van der Waals surface area contributed by atoms with E-state index in [1.54, 1.807) is 18.2 Å². The second-order valence-corrected chi connectivity index (χ2v) is 6.82. The second-order valence-electron chi connectivity index (χ2n) is 3.57. The maximum absolute atomic E-state index is 12.3. The predicted molar refractivity (Wildman–Crippen MR) is 75.5 cm³/mol. The lowest BCUT2D eigenvalue weighted by Crippen LogP contribution is -2.30. The Balaban J connectivity index is 2.99. The molecule has 0 aliphatic carbocycles. The Hall–Kier alpha value is -0.140. The molecule has 0 unspecified atom stereocenters. The Kier molecular flexibility index (Phi) is 6.07. The van der Waals surface area contributed by atoms with Crippen LogP contribution in [0, 0.1) is 0 Å². The third kappa shape index (κ3) is 3.68. The number of halogens is 2. The number of benzene rings is 1. The van der Waals surface area contributed by atoms with E-state index in [4.69, 9.17) is 16.3 Å². The van der Waals surface area contributed by atoms with Gasteiger partial charge in [0.05, 0.1) is 11.6 Å². The summed E-state index contributed by atoms with van der Waals surface area (Å²) in [5, 5.41) is 0.202. The van der Waals surface area contributed by atoms with Crippen LogP contribution in [-0.2, 0) is 14.8 Å². The maximum atomic E-state index is 12.3. The number of sulfonamides is 1. The zero-order chi connectivity index (χ0) is 13.8. The van der Waals surface area contributed by atoms with Gasteiger partial charge in [-0.2, -0.15) is 4.31 Å². The van der Waals surface area contributed by atoms with Gasteiger partial charge in [-0.3, -0.25) is 0 Å². The van der Waals surface area contributed by atoms with Crippen molar-refractivity contribution in [2.24, 2.45) is 0 Å². The normalized spacial score (nSPS) is 12.1. The first kappa shape index (κ1) is 15.9. The largest absolute Gasteiger partial charge is 0.380 e. The predicted octanol–water partition coefficient (Wildman–Crippen LogP) is 2.76. The quantitative estimate of drug-likeness (QED) is 0.736. The maximum Gasteiger partial charge on any atom is 0.245 e. The first-order valence-electron chi connectivity index (χ1n) is 5.39. The standard InChI is InChI=1S/C11H15BrClNO3S/c1-3-17-8-7-14(2)18(15,16)11-9(12)5-4-6-10(11)13/h4-6H,3,7-8H2,1-2H3. The molecule has 0 saturated carbocycles. The molecule has 18 heavy (non-hydrogen) atoms. The minimum absolute atomic E-state index is 0.0886. The fourth-order valence-electron chi connectivity index (χ4n) is 1.34. The zero-order valence-electron chi connectivity index (χ0n) is 10.2. The monoisotopic (exact) mass is 355 g/mol. The third-order valence-corrected chi connectivity index (χ3v) is 5.65. The Labute approximate surface area is 121 Å². The molecule has 0 spiro atoms. The van der Waals surface area contributed by atoms with Crippen LogP contribution in [-0.4, -0.2) is 39.5 Å². The summed E-state index contributed by atoms with van der Waals surface area (Å²) in [6, 6.07) is 4.89. The highest BCUT2D eigenvalue weighted by atomic mass is 79.9. The van der Waals surface area contributed by atoms with Crippen LogP contribution in [0.3, 0.4) is 0 Å². The molecule has 0 aromatic heterocycles. The van der Waals surface area contributed by atoms with Crippen molar-refractivity contribution in [2.75, 3.05) is 26.8 Å². The van der Waals surface area contributed by atoms with Crippen molar-refractivity contribution in [3.8, 4) is 0 Å². The molecule has 1 aromatic rings. The van der Waals surface area contributed by atoms with Gasteiger partial charge in [0.15, 0.2) is 0 Å². The highest BCUT2D eigenvalue weighted by Crippen LogP contribution is 2.31. The molecular weight excluding hydrogens is 342 g/mol. The number of hydrogen-bond donors (Lipinski definition) is 0.